The van der Waals surface area contributed by atoms with Gasteiger partial charge in [0, 0.05) is 5.69 Å². The molecule has 50 valence electrons. The lowest BCUT2D eigenvalue weighted by molar-refractivity contribution is 0.397. The van der Waals surface area contributed by atoms with Gasteiger partial charge in [0.05, 0.1) is 7.11 Å². The van der Waals surface area contributed by atoms with E-state index in [1.54, 1.807) is 19.2 Å². The molecule has 0 bridgehead atoms. The lowest BCUT2D eigenvalue weighted by Gasteiger charge is -2.01. The maximum Gasteiger partial charge on any atom is 0.213 e. The van der Waals surface area contributed by atoms with Gasteiger partial charge in [-0.2, -0.15) is 0 Å². The van der Waals surface area contributed by atoms with E-state index in [4.69, 9.17) is 12.6 Å². The van der Waals surface area contributed by atoms with E-state index in [1.807, 2.05) is 6.92 Å². The molecule has 1 aromatic rings. The third kappa shape index (κ3) is 1.29. The summed E-state index contributed by atoms with van der Waals surface area (Å²) in [7, 11) is 7.11. The van der Waals surface area contributed by atoms with Gasteiger partial charge in [-0.3, -0.25) is 0 Å². The zero-order valence-corrected chi connectivity index (χ0v) is 6.09. The van der Waals surface area contributed by atoms with Gasteiger partial charge < -0.3 is 4.74 Å². The fourth-order valence-electron chi connectivity index (χ4n) is 0.662. The van der Waals surface area contributed by atoms with Crippen molar-refractivity contribution in [2.75, 3.05) is 7.11 Å². The minimum Gasteiger partial charge on any atom is -0.481 e. The molecule has 0 atom stereocenters. The Kier molecular flexibility index (Phi) is 1.95. The Balaban J connectivity index is 3.04. The van der Waals surface area contributed by atoms with Gasteiger partial charge in [0.15, 0.2) is 0 Å². The van der Waals surface area contributed by atoms with Crippen LogP contribution < -0.4 is 10.2 Å². The average Bonchev–Trinajstić information content (AvgIpc) is 1.95. The van der Waals surface area contributed by atoms with Gasteiger partial charge >= 0.3 is 0 Å². The Morgan fingerprint density at radius 1 is 1.50 bits per heavy atom. The number of aryl methyl sites for hydroxylation is 1. The van der Waals surface area contributed by atoms with Crippen LogP contribution in [0.2, 0.25) is 0 Å². The van der Waals surface area contributed by atoms with Gasteiger partial charge in [0.2, 0.25) is 5.88 Å². The molecule has 0 fully saturated rings. The molecule has 2 nitrogen and oxygen atoms in total. The molecule has 1 rings (SSSR count). The van der Waals surface area contributed by atoms with Crippen LogP contribution in [0.25, 0.3) is 0 Å². The van der Waals surface area contributed by atoms with Gasteiger partial charge in [-0.05, 0) is 13.0 Å². The highest BCUT2D eigenvalue weighted by Gasteiger charge is 1.94. The van der Waals surface area contributed by atoms with Crippen molar-refractivity contribution in [3.8, 4) is 5.88 Å². The van der Waals surface area contributed by atoms with Crippen molar-refractivity contribution in [3.63, 3.8) is 0 Å². The largest absolute Gasteiger partial charge is 0.481 e. The number of hydrogen-bond acceptors (Lipinski definition) is 2. The fourth-order valence-corrected chi connectivity index (χ4v) is 0.662. The highest BCUT2D eigenvalue weighted by atomic mass is 16.5. The molecule has 1 aromatic heterocycles. The third-order valence-electron chi connectivity index (χ3n) is 1.31. The van der Waals surface area contributed by atoms with Gasteiger partial charge in [0.1, 0.15) is 7.85 Å². The first kappa shape index (κ1) is 7.13. The van der Waals surface area contributed by atoms with Crippen molar-refractivity contribution in [1.82, 2.24) is 4.98 Å². The summed E-state index contributed by atoms with van der Waals surface area (Å²) in [6.07, 6.45) is 0. The van der Waals surface area contributed by atoms with Crippen LogP contribution in [-0.4, -0.2) is 19.9 Å². The minimum absolute atomic E-state index is 0.603. The summed E-state index contributed by atoms with van der Waals surface area (Å²) in [5.41, 5.74) is 1.50. The Hall–Kier alpha value is -0.985. The highest BCUT2D eigenvalue weighted by molar-refractivity contribution is 6.33. The molecule has 0 saturated carbocycles. The predicted molar refractivity (Wildman–Crippen MR) is 40.9 cm³/mol. The molecule has 0 saturated heterocycles. The molecule has 0 aromatic carbocycles. The maximum absolute atomic E-state index is 5.53. The minimum atomic E-state index is 0.603. The summed E-state index contributed by atoms with van der Waals surface area (Å²) in [5.74, 6) is 0.603. The van der Waals surface area contributed by atoms with Crippen LogP contribution in [0, 0.1) is 6.92 Å². The zero-order valence-electron chi connectivity index (χ0n) is 6.09. The monoisotopic (exact) mass is 133 g/mol. The zero-order chi connectivity index (χ0) is 7.56. The Morgan fingerprint density at radius 3 is 2.70 bits per heavy atom. The van der Waals surface area contributed by atoms with E-state index in [1.165, 1.54) is 0 Å². The molecule has 0 aliphatic heterocycles. The lowest BCUT2D eigenvalue weighted by Crippen LogP contribution is -2.08. The second-order valence-electron chi connectivity index (χ2n) is 2.03. The summed E-state index contributed by atoms with van der Waals surface area (Å²) >= 11 is 0. The van der Waals surface area contributed by atoms with Crippen molar-refractivity contribution in [2.45, 2.75) is 6.92 Å². The summed E-state index contributed by atoms with van der Waals surface area (Å²) in [6, 6.07) is 3.52. The average molecular weight is 133 g/mol. The molecule has 0 spiro atoms. The molecule has 2 radical (unpaired) electrons. The first-order chi connectivity index (χ1) is 4.74. The second-order valence-corrected chi connectivity index (χ2v) is 2.03. The van der Waals surface area contributed by atoms with Gasteiger partial charge in [-0.1, -0.05) is 11.5 Å². The number of rotatable bonds is 1. The SMILES string of the molecule is [B]c1ccc(OC)nc1C. The summed E-state index contributed by atoms with van der Waals surface area (Å²) < 4.78 is 4.88. The Morgan fingerprint density at radius 2 is 2.20 bits per heavy atom. The summed E-state index contributed by atoms with van der Waals surface area (Å²) in [4.78, 5) is 4.04. The van der Waals surface area contributed by atoms with Crippen molar-refractivity contribution in [1.29, 1.82) is 0 Å². The van der Waals surface area contributed by atoms with E-state index < -0.39 is 0 Å². The van der Waals surface area contributed by atoms with Crippen molar-refractivity contribution in [2.24, 2.45) is 0 Å². The topological polar surface area (TPSA) is 22.1 Å². The predicted octanol–water partition coefficient (Wildman–Crippen LogP) is 0.192. The first-order valence-electron chi connectivity index (χ1n) is 3.01. The fraction of sp³-hybridized carbons (Fsp3) is 0.286. The Labute approximate surface area is 61.6 Å². The normalized spacial score (nSPS) is 9.40. The van der Waals surface area contributed by atoms with Crippen LogP contribution in [0.4, 0.5) is 0 Å². The molecule has 0 amide bonds. The molecule has 0 N–H and O–H groups in total. The molecule has 0 unspecified atom stereocenters. The van der Waals surface area contributed by atoms with Crippen LogP contribution in [0.3, 0.4) is 0 Å². The van der Waals surface area contributed by atoms with E-state index in [-0.39, 0.29) is 0 Å². The molecule has 0 aliphatic rings. The van der Waals surface area contributed by atoms with E-state index in [0.717, 1.165) is 5.69 Å². The smallest absolute Gasteiger partial charge is 0.213 e. The van der Waals surface area contributed by atoms with Gasteiger partial charge in [0.25, 0.3) is 0 Å². The van der Waals surface area contributed by atoms with Gasteiger partial charge in [-0.25, -0.2) is 4.98 Å². The van der Waals surface area contributed by atoms with Crippen LogP contribution in [0.1, 0.15) is 5.69 Å². The van der Waals surface area contributed by atoms with Crippen molar-refractivity contribution < 1.29 is 4.74 Å². The van der Waals surface area contributed by atoms with Crippen molar-refractivity contribution in [3.05, 3.63) is 17.8 Å². The number of methoxy groups -OCH3 is 1. The third-order valence-corrected chi connectivity index (χ3v) is 1.31. The highest BCUT2D eigenvalue weighted by Crippen LogP contribution is 2.02. The van der Waals surface area contributed by atoms with Crippen molar-refractivity contribution >= 4 is 13.3 Å². The van der Waals surface area contributed by atoms with Crippen LogP contribution >= 0.6 is 0 Å². The van der Waals surface area contributed by atoms with Crippen LogP contribution in [0.5, 0.6) is 5.88 Å². The van der Waals surface area contributed by atoms with E-state index in [9.17, 15) is 0 Å². The molecular formula is C7H8BNO. The van der Waals surface area contributed by atoms with Crippen LogP contribution in [0.15, 0.2) is 12.1 Å². The maximum atomic E-state index is 5.53. The standard InChI is InChI=1S/C7H8BNO/c1-5-6(8)3-4-7(9-5)10-2/h3-4H,1-2H3. The first-order valence-corrected chi connectivity index (χ1v) is 3.01. The quantitative estimate of drug-likeness (QED) is 0.510. The molecule has 3 heteroatoms. The van der Waals surface area contributed by atoms with E-state index in [2.05, 4.69) is 4.98 Å². The number of nitrogens with zero attached hydrogens (tertiary/aromatic N) is 1. The summed E-state index contributed by atoms with van der Waals surface area (Å²) in [5, 5.41) is 0. The number of aromatic nitrogens is 1. The molecule has 0 aliphatic carbocycles. The van der Waals surface area contributed by atoms with Gasteiger partial charge in [-0.15, -0.1) is 0 Å². The Bertz CT molecular complexity index is 237. The lowest BCUT2D eigenvalue weighted by atomic mass is 9.95. The molecule has 1 heterocycles. The van der Waals surface area contributed by atoms with E-state index in [0.29, 0.717) is 11.3 Å². The molecular weight excluding hydrogens is 125 g/mol. The molecule has 10 heavy (non-hydrogen) atoms. The summed E-state index contributed by atoms with van der Waals surface area (Å²) in [6.45, 7) is 1.85. The second kappa shape index (κ2) is 2.73. The van der Waals surface area contributed by atoms with E-state index >= 15 is 0 Å². The number of pyridine rings is 1. The number of hydrogen-bond donors (Lipinski definition) is 0. The number of ether oxygens (including phenoxy) is 1. The van der Waals surface area contributed by atoms with Crippen LogP contribution in [-0.2, 0) is 0 Å².